The average molecular weight is 308 g/mol. The zero-order valence-corrected chi connectivity index (χ0v) is 14.0. The van der Waals surface area contributed by atoms with E-state index in [-0.39, 0.29) is 6.61 Å². The highest BCUT2D eigenvalue weighted by molar-refractivity contribution is 7.18. The van der Waals surface area contributed by atoms with Crippen molar-refractivity contribution in [3.8, 4) is 0 Å². The fourth-order valence-corrected chi connectivity index (χ4v) is 3.52. The molecule has 0 aliphatic heterocycles. The van der Waals surface area contributed by atoms with Crippen molar-refractivity contribution >= 4 is 27.4 Å². The first-order valence-corrected chi connectivity index (χ1v) is 8.19. The van der Waals surface area contributed by atoms with Gasteiger partial charge in [-0.05, 0) is 32.4 Å². The molecule has 6 heteroatoms. The van der Waals surface area contributed by atoms with Crippen LogP contribution in [-0.2, 0) is 6.54 Å². The number of nitrogens with zero attached hydrogens (tertiary/aromatic N) is 3. The number of aryl methyl sites for hydroxylation is 2. The molecule has 0 saturated carbocycles. The van der Waals surface area contributed by atoms with Crippen molar-refractivity contribution in [2.45, 2.75) is 33.7 Å². The molecule has 2 aromatic heterocycles. The zero-order chi connectivity index (χ0) is 15.4. The maximum atomic E-state index is 9.16. The van der Waals surface area contributed by atoms with Crippen molar-refractivity contribution in [2.24, 2.45) is 0 Å². The molecule has 0 unspecified atom stereocenters. The van der Waals surface area contributed by atoms with E-state index in [0.717, 1.165) is 34.8 Å². The van der Waals surface area contributed by atoms with Gasteiger partial charge >= 0.3 is 0 Å². The normalized spacial score (nSPS) is 11.5. The summed E-state index contributed by atoms with van der Waals surface area (Å²) in [5, 5.41) is 13.5. The summed E-state index contributed by atoms with van der Waals surface area (Å²) in [7, 11) is 1.90. The van der Waals surface area contributed by atoms with E-state index in [1.54, 1.807) is 11.3 Å². The highest BCUT2D eigenvalue weighted by Crippen LogP contribution is 2.33. The Labute approximate surface area is 130 Å². The van der Waals surface area contributed by atoms with Crippen LogP contribution < -0.4 is 5.32 Å². The van der Waals surface area contributed by atoms with Crippen LogP contribution in [0.5, 0.6) is 0 Å². The molecule has 116 valence electrons. The quantitative estimate of drug-likeness (QED) is 0.823. The molecule has 2 heterocycles. The van der Waals surface area contributed by atoms with Crippen molar-refractivity contribution in [3.05, 3.63) is 16.3 Å². The molecular formula is C15H24N4OS. The van der Waals surface area contributed by atoms with Crippen LogP contribution in [0.1, 0.15) is 29.6 Å². The first-order chi connectivity index (χ1) is 10.1. The predicted octanol–water partition coefficient (Wildman–Crippen LogP) is 2.55. The third-order valence-electron chi connectivity index (χ3n) is 3.63. The highest BCUT2D eigenvalue weighted by Gasteiger charge is 2.15. The van der Waals surface area contributed by atoms with E-state index >= 15 is 0 Å². The first-order valence-electron chi connectivity index (χ1n) is 7.38. The van der Waals surface area contributed by atoms with Gasteiger partial charge in [0.15, 0.2) is 0 Å². The molecule has 5 nitrogen and oxygen atoms in total. The highest BCUT2D eigenvalue weighted by atomic mass is 32.1. The Kier molecular flexibility index (Phi) is 5.50. The van der Waals surface area contributed by atoms with Crippen LogP contribution in [0.15, 0.2) is 0 Å². The van der Waals surface area contributed by atoms with Crippen LogP contribution >= 0.6 is 11.3 Å². The second-order valence-corrected chi connectivity index (χ2v) is 6.40. The van der Waals surface area contributed by atoms with Gasteiger partial charge in [0.25, 0.3) is 0 Å². The van der Waals surface area contributed by atoms with E-state index in [4.69, 9.17) is 10.1 Å². The second-order valence-electron chi connectivity index (χ2n) is 5.20. The number of aliphatic hydroxyl groups excluding tert-OH is 1. The minimum absolute atomic E-state index is 0.165. The molecule has 0 aliphatic rings. The van der Waals surface area contributed by atoms with Gasteiger partial charge in [-0.15, -0.1) is 11.3 Å². The fraction of sp³-hybridized carbons (Fsp3) is 0.600. The van der Waals surface area contributed by atoms with Crippen molar-refractivity contribution in [1.82, 2.24) is 14.9 Å². The Balaban J connectivity index is 2.36. The Morgan fingerprint density at radius 3 is 2.62 bits per heavy atom. The van der Waals surface area contributed by atoms with E-state index in [2.05, 4.69) is 36.0 Å². The van der Waals surface area contributed by atoms with E-state index in [9.17, 15) is 0 Å². The summed E-state index contributed by atoms with van der Waals surface area (Å²) in [6.07, 6.45) is 1.05. The summed E-state index contributed by atoms with van der Waals surface area (Å²) < 4.78 is 0. The third kappa shape index (κ3) is 3.51. The largest absolute Gasteiger partial charge is 0.395 e. The van der Waals surface area contributed by atoms with Crippen LogP contribution in [0.4, 0.5) is 5.82 Å². The van der Waals surface area contributed by atoms with Gasteiger partial charge in [0, 0.05) is 18.5 Å². The van der Waals surface area contributed by atoms with Crippen LogP contribution in [0.25, 0.3) is 10.2 Å². The number of hydrogen-bond donors (Lipinski definition) is 2. The number of nitrogens with one attached hydrogen (secondary N) is 1. The van der Waals surface area contributed by atoms with Gasteiger partial charge in [0.2, 0.25) is 0 Å². The van der Waals surface area contributed by atoms with Gasteiger partial charge in [0.1, 0.15) is 16.5 Å². The summed E-state index contributed by atoms with van der Waals surface area (Å²) in [6.45, 7) is 8.82. The van der Waals surface area contributed by atoms with Crippen molar-refractivity contribution in [3.63, 3.8) is 0 Å². The fourth-order valence-electron chi connectivity index (χ4n) is 2.47. The number of aromatic nitrogens is 2. The van der Waals surface area contributed by atoms with E-state index in [0.29, 0.717) is 13.1 Å². The lowest BCUT2D eigenvalue weighted by molar-refractivity contribution is 0.187. The number of fused-ring (bicyclic) bond motifs is 1. The summed E-state index contributed by atoms with van der Waals surface area (Å²) in [4.78, 5) is 13.9. The molecule has 0 aliphatic carbocycles. The monoisotopic (exact) mass is 308 g/mol. The number of rotatable bonds is 7. The Hall–Kier alpha value is -1.24. The van der Waals surface area contributed by atoms with E-state index < -0.39 is 0 Å². The van der Waals surface area contributed by atoms with E-state index in [1.807, 2.05) is 7.05 Å². The molecule has 2 N–H and O–H groups in total. The topological polar surface area (TPSA) is 61.3 Å². The molecule has 21 heavy (non-hydrogen) atoms. The van der Waals surface area contributed by atoms with Crippen LogP contribution in [0.3, 0.4) is 0 Å². The smallest absolute Gasteiger partial charge is 0.146 e. The summed E-state index contributed by atoms with van der Waals surface area (Å²) >= 11 is 1.72. The minimum Gasteiger partial charge on any atom is -0.395 e. The third-order valence-corrected chi connectivity index (χ3v) is 4.73. The summed E-state index contributed by atoms with van der Waals surface area (Å²) in [5.74, 6) is 1.72. The molecule has 0 saturated heterocycles. The maximum absolute atomic E-state index is 9.16. The Morgan fingerprint density at radius 1 is 1.24 bits per heavy atom. The Bertz CT molecular complexity index is 605. The lowest BCUT2D eigenvalue weighted by Gasteiger charge is -2.19. The predicted molar refractivity (Wildman–Crippen MR) is 89.1 cm³/mol. The van der Waals surface area contributed by atoms with Crippen molar-refractivity contribution < 1.29 is 5.11 Å². The first kappa shape index (κ1) is 16.1. The van der Waals surface area contributed by atoms with Crippen LogP contribution in [0, 0.1) is 13.8 Å². The lowest BCUT2D eigenvalue weighted by atomic mass is 10.2. The molecule has 0 bridgehead atoms. The number of aliphatic hydroxyl groups is 1. The molecule has 0 spiro atoms. The molecule has 2 rings (SSSR count). The molecule has 0 aromatic carbocycles. The zero-order valence-electron chi connectivity index (χ0n) is 13.2. The van der Waals surface area contributed by atoms with Gasteiger partial charge < -0.3 is 10.4 Å². The number of hydrogen-bond acceptors (Lipinski definition) is 6. The van der Waals surface area contributed by atoms with E-state index in [1.165, 1.54) is 10.4 Å². The standard InChI is InChI=1S/C15H24N4OS/c1-5-6-19(7-8-20)9-12-17-14(16-4)13-10(2)11(3)21-15(13)18-12/h20H,5-9H2,1-4H3,(H,16,17,18). The van der Waals surface area contributed by atoms with Crippen molar-refractivity contribution in [1.29, 1.82) is 0 Å². The molecule has 0 atom stereocenters. The summed E-state index contributed by atoms with van der Waals surface area (Å²) in [6, 6.07) is 0. The molecule has 2 aromatic rings. The Morgan fingerprint density at radius 2 is 2.00 bits per heavy atom. The SMILES string of the molecule is CCCN(CCO)Cc1nc(NC)c2c(C)c(C)sc2n1. The lowest BCUT2D eigenvalue weighted by Crippen LogP contribution is -2.28. The molecular weight excluding hydrogens is 284 g/mol. The van der Waals surface area contributed by atoms with Gasteiger partial charge in [-0.2, -0.15) is 0 Å². The number of anilines is 1. The van der Waals surface area contributed by atoms with Crippen molar-refractivity contribution in [2.75, 3.05) is 32.1 Å². The van der Waals surface area contributed by atoms with Gasteiger partial charge in [-0.25, -0.2) is 9.97 Å². The van der Waals surface area contributed by atoms with Gasteiger partial charge in [0.05, 0.1) is 18.5 Å². The average Bonchev–Trinajstić information content (AvgIpc) is 2.74. The maximum Gasteiger partial charge on any atom is 0.146 e. The second kappa shape index (κ2) is 7.15. The summed E-state index contributed by atoms with van der Waals surface area (Å²) in [5.41, 5.74) is 1.26. The number of thiophene rings is 1. The van der Waals surface area contributed by atoms with Gasteiger partial charge in [-0.3, -0.25) is 4.90 Å². The van der Waals surface area contributed by atoms with Crippen LogP contribution in [-0.4, -0.2) is 46.7 Å². The van der Waals surface area contributed by atoms with Crippen LogP contribution in [0.2, 0.25) is 0 Å². The minimum atomic E-state index is 0.165. The molecule has 0 radical (unpaired) electrons. The molecule has 0 fully saturated rings. The molecule has 0 amide bonds. The van der Waals surface area contributed by atoms with Gasteiger partial charge in [-0.1, -0.05) is 6.92 Å².